The van der Waals surface area contributed by atoms with Crippen LogP contribution < -0.4 is 15.6 Å². The zero-order valence-corrected chi connectivity index (χ0v) is 15.2. The molecule has 0 radical (unpaired) electrons. The van der Waals surface area contributed by atoms with E-state index in [2.05, 4.69) is 35.2 Å². The molecule has 10 heteroatoms. The van der Waals surface area contributed by atoms with Crippen LogP contribution in [0.25, 0.3) is 22.4 Å². The van der Waals surface area contributed by atoms with Crippen molar-refractivity contribution in [3.63, 3.8) is 0 Å². The van der Waals surface area contributed by atoms with Crippen LogP contribution in [0.15, 0.2) is 59.9 Å². The number of hydrogen-bond acceptors (Lipinski definition) is 8. The first-order valence-electron chi connectivity index (χ1n) is 8.66. The normalized spacial score (nSPS) is 11.8. The van der Waals surface area contributed by atoms with Crippen molar-refractivity contribution < 1.29 is 9.53 Å². The first-order chi connectivity index (χ1) is 14.1. The van der Waals surface area contributed by atoms with Crippen LogP contribution in [0.1, 0.15) is 18.8 Å². The topological polar surface area (TPSA) is 136 Å². The van der Waals surface area contributed by atoms with E-state index in [9.17, 15) is 9.59 Å². The lowest BCUT2D eigenvalue weighted by Gasteiger charge is -2.13. The maximum Gasteiger partial charge on any atom is 0.414 e. The van der Waals surface area contributed by atoms with Gasteiger partial charge in [0, 0.05) is 24.5 Å². The van der Waals surface area contributed by atoms with Gasteiger partial charge in [-0.15, -0.1) is 0 Å². The Labute approximate surface area is 164 Å². The molecular weight excluding hydrogens is 374 g/mol. The molecule has 4 rings (SSSR count). The summed E-state index contributed by atoms with van der Waals surface area (Å²) in [6, 6.07) is 9.10. The summed E-state index contributed by atoms with van der Waals surface area (Å²) in [5.74, 6) is 0.394. The molecule has 29 heavy (non-hydrogen) atoms. The van der Waals surface area contributed by atoms with Crippen molar-refractivity contribution in [1.82, 2.24) is 35.2 Å². The van der Waals surface area contributed by atoms with Crippen molar-refractivity contribution in [2.45, 2.75) is 13.0 Å². The molecular formula is C19H15N7O3. The summed E-state index contributed by atoms with van der Waals surface area (Å²) >= 11 is 0. The predicted molar refractivity (Wildman–Crippen MR) is 103 cm³/mol. The van der Waals surface area contributed by atoms with E-state index in [1.165, 1.54) is 12.4 Å². The Kier molecular flexibility index (Phi) is 4.89. The van der Waals surface area contributed by atoms with Gasteiger partial charge in [-0.25, -0.2) is 24.7 Å². The average molecular weight is 389 g/mol. The van der Waals surface area contributed by atoms with Crippen molar-refractivity contribution in [3.05, 3.63) is 71.3 Å². The van der Waals surface area contributed by atoms with Crippen LogP contribution in [0.5, 0.6) is 5.88 Å². The van der Waals surface area contributed by atoms with E-state index in [1.54, 1.807) is 49.6 Å². The second kappa shape index (κ2) is 7.80. The quantitative estimate of drug-likeness (QED) is 0.541. The highest BCUT2D eigenvalue weighted by Crippen LogP contribution is 2.16. The molecule has 0 fully saturated rings. The van der Waals surface area contributed by atoms with Crippen LogP contribution in [-0.4, -0.2) is 36.0 Å². The molecule has 1 atom stereocenters. The van der Waals surface area contributed by atoms with Gasteiger partial charge in [0.25, 0.3) is 5.56 Å². The molecule has 4 aromatic heterocycles. The molecule has 4 heterocycles. The number of amides is 1. The first-order valence-corrected chi connectivity index (χ1v) is 8.66. The molecule has 0 bridgehead atoms. The molecule has 0 saturated heterocycles. The number of rotatable bonds is 4. The van der Waals surface area contributed by atoms with Crippen LogP contribution in [0.3, 0.4) is 0 Å². The third kappa shape index (κ3) is 4.21. The molecule has 0 spiro atoms. The smallest absolute Gasteiger partial charge is 0.391 e. The minimum absolute atomic E-state index is 0.131. The second-order valence-corrected chi connectivity index (χ2v) is 6.06. The lowest BCUT2D eigenvalue weighted by Crippen LogP contribution is -2.32. The zero-order chi connectivity index (χ0) is 20.2. The minimum Gasteiger partial charge on any atom is -0.391 e. The first kappa shape index (κ1) is 18.2. The molecule has 4 aromatic rings. The van der Waals surface area contributed by atoms with Gasteiger partial charge in [-0.1, -0.05) is 0 Å². The molecule has 10 nitrogen and oxygen atoms in total. The number of fused-ring (bicyclic) bond motifs is 1. The van der Waals surface area contributed by atoms with Crippen molar-refractivity contribution in [1.29, 1.82) is 0 Å². The van der Waals surface area contributed by atoms with E-state index in [-0.39, 0.29) is 17.3 Å². The summed E-state index contributed by atoms with van der Waals surface area (Å²) in [7, 11) is 0. The zero-order valence-electron chi connectivity index (χ0n) is 15.2. The van der Waals surface area contributed by atoms with Crippen molar-refractivity contribution in [2.75, 3.05) is 0 Å². The summed E-state index contributed by atoms with van der Waals surface area (Å²) in [5, 5.41) is 2.62. The largest absolute Gasteiger partial charge is 0.414 e. The average Bonchev–Trinajstić information content (AvgIpc) is 2.73. The highest BCUT2D eigenvalue weighted by molar-refractivity contribution is 5.76. The van der Waals surface area contributed by atoms with E-state index in [1.807, 2.05) is 0 Å². The standard InChI is InChI=1S/C19H15N7O3/c1-11(18-25-15(9-16(27)26-18)13-6-8-20-10-22-13)23-19(28)29-17-5-4-12-14(24-17)3-2-7-21-12/h2-11H,1H3,(H,23,28)(H,25,26,27). The number of nitrogens with zero attached hydrogens (tertiary/aromatic N) is 5. The van der Waals surface area contributed by atoms with Crippen LogP contribution >= 0.6 is 0 Å². The fourth-order valence-electron chi connectivity index (χ4n) is 2.62. The molecule has 0 aromatic carbocycles. The molecule has 1 amide bonds. The van der Waals surface area contributed by atoms with Crippen LogP contribution in [0.4, 0.5) is 4.79 Å². The van der Waals surface area contributed by atoms with Gasteiger partial charge in [-0.05, 0) is 31.2 Å². The Morgan fingerprint density at radius 1 is 1.07 bits per heavy atom. The number of carbonyl (C=O) groups is 1. The number of hydrogen-bond donors (Lipinski definition) is 2. The third-order valence-corrected chi connectivity index (χ3v) is 3.98. The van der Waals surface area contributed by atoms with Crippen molar-refractivity contribution in [2.24, 2.45) is 0 Å². The summed E-state index contributed by atoms with van der Waals surface area (Å²) in [6.45, 7) is 1.67. The van der Waals surface area contributed by atoms with Crippen molar-refractivity contribution in [3.8, 4) is 17.3 Å². The maximum atomic E-state index is 12.2. The number of aromatic nitrogens is 6. The number of carbonyl (C=O) groups excluding carboxylic acids is 1. The highest BCUT2D eigenvalue weighted by atomic mass is 16.6. The number of nitrogens with one attached hydrogen (secondary N) is 2. The Morgan fingerprint density at radius 3 is 2.79 bits per heavy atom. The molecule has 0 aliphatic heterocycles. The number of pyridine rings is 2. The maximum absolute atomic E-state index is 12.2. The second-order valence-electron chi connectivity index (χ2n) is 6.06. The van der Waals surface area contributed by atoms with Gasteiger partial charge in [0.15, 0.2) is 0 Å². The Bertz CT molecular complexity index is 1230. The third-order valence-electron chi connectivity index (χ3n) is 3.98. The van der Waals surface area contributed by atoms with Gasteiger partial charge in [0.05, 0.1) is 28.5 Å². The molecule has 144 valence electrons. The molecule has 0 aliphatic rings. The minimum atomic E-state index is -0.733. The fraction of sp³-hybridized carbons (Fsp3) is 0.105. The van der Waals surface area contributed by atoms with Crippen molar-refractivity contribution >= 4 is 17.1 Å². The van der Waals surface area contributed by atoms with Gasteiger partial charge >= 0.3 is 6.09 Å². The lowest BCUT2D eigenvalue weighted by atomic mass is 10.2. The van der Waals surface area contributed by atoms with Gasteiger partial charge in [0.1, 0.15) is 12.2 Å². The number of H-pyrrole nitrogens is 1. The summed E-state index contributed by atoms with van der Waals surface area (Å²) in [5.41, 5.74) is 1.80. The van der Waals surface area contributed by atoms with E-state index >= 15 is 0 Å². The summed E-state index contributed by atoms with van der Waals surface area (Å²) in [6.07, 6.45) is 3.84. The fourth-order valence-corrected chi connectivity index (χ4v) is 2.62. The van der Waals surface area contributed by atoms with Gasteiger partial charge < -0.3 is 15.0 Å². The van der Waals surface area contributed by atoms with Crippen LogP contribution in [-0.2, 0) is 0 Å². The van der Waals surface area contributed by atoms with E-state index in [0.717, 1.165) is 0 Å². The number of ether oxygens (including phenoxy) is 1. The molecule has 2 N–H and O–H groups in total. The lowest BCUT2D eigenvalue weighted by molar-refractivity contribution is 0.194. The Hall–Kier alpha value is -4.21. The summed E-state index contributed by atoms with van der Waals surface area (Å²) in [4.78, 5) is 47.5. The Morgan fingerprint density at radius 2 is 1.97 bits per heavy atom. The van der Waals surface area contributed by atoms with E-state index in [0.29, 0.717) is 22.4 Å². The molecule has 0 aliphatic carbocycles. The summed E-state index contributed by atoms with van der Waals surface area (Å²) < 4.78 is 5.23. The molecule has 0 saturated carbocycles. The van der Waals surface area contributed by atoms with Gasteiger partial charge in [0.2, 0.25) is 5.88 Å². The Balaban J connectivity index is 1.49. The van der Waals surface area contributed by atoms with Crippen LogP contribution in [0, 0.1) is 0 Å². The van der Waals surface area contributed by atoms with Gasteiger partial charge in [-0.2, -0.15) is 0 Å². The number of aromatic amines is 1. The highest BCUT2D eigenvalue weighted by Gasteiger charge is 2.16. The SMILES string of the molecule is CC(NC(=O)Oc1ccc2ncccc2n1)c1nc(-c2ccncn2)cc(=O)[nH]1. The van der Waals surface area contributed by atoms with Crippen LogP contribution in [0.2, 0.25) is 0 Å². The van der Waals surface area contributed by atoms with E-state index < -0.39 is 12.1 Å². The monoisotopic (exact) mass is 389 g/mol. The van der Waals surface area contributed by atoms with Gasteiger partial charge in [-0.3, -0.25) is 9.78 Å². The van der Waals surface area contributed by atoms with E-state index in [4.69, 9.17) is 4.74 Å². The molecule has 1 unspecified atom stereocenters. The predicted octanol–water partition coefficient (Wildman–Crippen LogP) is 2.02.